The van der Waals surface area contributed by atoms with Gasteiger partial charge in [-0.1, -0.05) is 45.0 Å². The molecule has 1 saturated heterocycles. The standard InChI is InChI=1S/C37H50F3NO8S/c1-7-46-32(42)27-10-16-30(17-11-27)48-29-14-8-26(9-15-29)24-41(33(43)34(2,3)4)22-20-36(21-23-47-35(5,6)25-36)28-12-18-31(19-13-28)49-50(44,45)37(38,39)40/h8-9,12-15,18-19,27,30H,7,10-11,16-17,20-25H2,1-6H3/t27-,30-,36?. The van der Waals surface area contributed by atoms with Crippen molar-refractivity contribution in [3.8, 4) is 11.5 Å². The smallest absolute Gasteiger partial charge is 0.490 e. The molecule has 1 heterocycles. The van der Waals surface area contributed by atoms with Crippen LogP contribution in [0.15, 0.2) is 48.5 Å². The zero-order chi connectivity index (χ0) is 37.0. The second kappa shape index (κ2) is 15.5. The molecule has 1 aliphatic heterocycles. The van der Waals surface area contributed by atoms with E-state index in [1.54, 1.807) is 12.1 Å². The Morgan fingerprint density at radius 2 is 1.54 bits per heavy atom. The molecule has 1 amide bonds. The van der Waals surface area contributed by atoms with Crippen molar-refractivity contribution < 1.29 is 49.6 Å². The molecule has 4 rings (SSSR count). The molecule has 0 N–H and O–H groups in total. The average Bonchev–Trinajstić information content (AvgIpc) is 3.02. The molecule has 2 aromatic carbocycles. The molecule has 0 aromatic heterocycles. The molecule has 0 spiro atoms. The van der Waals surface area contributed by atoms with Gasteiger partial charge in [0.2, 0.25) is 5.91 Å². The highest BCUT2D eigenvalue weighted by molar-refractivity contribution is 7.88. The molecule has 2 aromatic rings. The molecule has 1 unspecified atom stereocenters. The minimum atomic E-state index is -5.80. The number of hydrogen-bond donors (Lipinski definition) is 0. The van der Waals surface area contributed by atoms with Crippen molar-refractivity contribution in [3.05, 3.63) is 59.7 Å². The van der Waals surface area contributed by atoms with E-state index in [0.717, 1.165) is 42.6 Å². The van der Waals surface area contributed by atoms with Crippen LogP contribution in [-0.4, -0.2) is 62.2 Å². The summed E-state index contributed by atoms with van der Waals surface area (Å²) in [6.07, 6.45) is 4.73. The maximum atomic E-state index is 13.8. The van der Waals surface area contributed by atoms with Gasteiger partial charge in [0.1, 0.15) is 11.5 Å². The molecule has 278 valence electrons. The lowest BCUT2D eigenvalue weighted by Crippen LogP contribution is -2.47. The summed E-state index contributed by atoms with van der Waals surface area (Å²) >= 11 is 0. The number of hydrogen-bond acceptors (Lipinski definition) is 8. The minimum absolute atomic E-state index is 0.0140. The first-order valence-electron chi connectivity index (χ1n) is 17.2. The summed E-state index contributed by atoms with van der Waals surface area (Å²) in [5.41, 5.74) is -5.50. The first-order valence-corrected chi connectivity index (χ1v) is 18.6. The molecule has 1 atom stereocenters. The molecule has 2 fully saturated rings. The highest BCUT2D eigenvalue weighted by atomic mass is 32.2. The highest BCUT2D eigenvalue weighted by Crippen LogP contribution is 2.45. The third-order valence-corrected chi connectivity index (χ3v) is 10.5. The van der Waals surface area contributed by atoms with Crippen molar-refractivity contribution in [1.82, 2.24) is 4.90 Å². The molecular formula is C37H50F3NO8S. The van der Waals surface area contributed by atoms with E-state index in [-0.39, 0.29) is 23.9 Å². The number of amides is 1. The lowest BCUT2D eigenvalue weighted by molar-refractivity contribution is -0.149. The zero-order valence-corrected chi connectivity index (χ0v) is 30.6. The predicted octanol–water partition coefficient (Wildman–Crippen LogP) is 7.71. The monoisotopic (exact) mass is 725 g/mol. The second-order valence-electron chi connectivity index (χ2n) is 15.0. The van der Waals surface area contributed by atoms with Crippen molar-refractivity contribution >= 4 is 22.0 Å². The summed E-state index contributed by atoms with van der Waals surface area (Å²) in [7, 11) is -5.80. The van der Waals surface area contributed by atoms with Crippen LogP contribution in [-0.2, 0) is 41.1 Å². The summed E-state index contributed by atoms with van der Waals surface area (Å²) in [5.74, 6) is 0.0416. The van der Waals surface area contributed by atoms with Crippen LogP contribution in [0.5, 0.6) is 11.5 Å². The van der Waals surface area contributed by atoms with E-state index in [9.17, 15) is 31.2 Å². The van der Waals surface area contributed by atoms with Crippen LogP contribution in [0.4, 0.5) is 13.2 Å². The normalized spacial score (nSPS) is 22.7. The number of esters is 1. The maximum Gasteiger partial charge on any atom is 0.534 e. The minimum Gasteiger partial charge on any atom is -0.490 e. The summed E-state index contributed by atoms with van der Waals surface area (Å²) in [6.45, 7) is 12.9. The van der Waals surface area contributed by atoms with Crippen LogP contribution in [0.2, 0.25) is 0 Å². The van der Waals surface area contributed by atoms with Crippen molar-refractivity contribution in [3.63, 3.8) is 0 Å². The number of alkyl halides is 3. The fourth-order valence-electron chi connectivity index (χ4n) is 6.96. The Hall–Kier alpha value is -3.32. The lowest BCUT2D eigenvalue weighted by Gasteiger charge is -2.46. The number of nitrogens with zero attached hydrogens (tertiary/aromatic N) is 1. The van der Waals surface area contributed by atoms with E-state index in [1.807, 2.05) is 70.7 Å². The molecule has 0 radical (unpaired) electrons. The fraction of sp³-hybridized carbons (Fsp3) is 0.622. The highest BCUT2D eigenvalue weighted by Gasteiger charge is 2.49. The Kier molecular flexibility index (Phi) is 12.2. The molecule has 2 aliphatic rings. The van der Waals surface area contributed by atoms with E-state index < -0.39 is 37.8 Å². The molecule has 13 heteroatoms. The third kappa shape index (κ3) is 10.1. The third-order valence-electron chi connectivity index (χ3n) is 9.48. The van der Waals surface area contributed by atoms with Gasteiger partial charge in [0.25, 0.3) is 0 Å². The quantitative estimate of drug-likeness (QED) is 0.124. The van der Waals surface area contributed by atoms with Crippen molar-refractivity contribution in [2.45, 2.75) is 116 Å². The van der Waals surface area contributed by atoms with Gasteiger partial charge in [-0.15, -0.1) is 0 Å². The topological polar surface area (TPSA) is 108 Å². The molecule has 50 heavy (non-hydrogen) atoms. The largest absolute Gasteiger partial charge is 0.534 e. The summed E-state index contributed by atoms with van der Waals surface area (Å²) < 4.78 is 83.6. The van der Waals surface area contributed by atoms with Crippen molar-refractivity contribution in [2.24, 2.45) is 11.3 Å². The number of rotatable bonds is 12. The lowest BCUT2D eigenvalue weighted by atomic mass is 9.67. The van der Waals surface area contributed by atoms with Gasteiger partial charge in [0, 0.05) is 30.5 Å². The number of carbonyl (C=O) groups excluding carboxylic acids is 2. The van der Waals surface area contributed by atoms with Crippen LogP contribution >= 0.6 is 0 Å². The number of ether oxygens (including phenoxy) is 3. The Labute approximate surface area is 293 Å². The molecule has 0 bridgehead atoms. The summed E-state index contributed by atoms with van der Waals surface area (Å²) in [5, 5.41) is 0. The second-order valence-corrected chi connectivity index (χ2v) is 16.6. The first-order chi connectivity index (χ1) is 23.2. The fourth-order valence-corrected chi connectivity index (χ4v) is 7.42. The van der Waals surface area contributed by atoms with Crippen LogP contribution in [0, 0.1) is 11.3 Å². The Morgan fingerprint density at radius 3 is 2.08 bits per heavy atom. The van der Waals surface area contributed by atoms with E-state index in [4.69, 9.17) is 14.2 Å². The van der Waals surface area contributed by atoms with Gasteiger partial charge < -0.3 is 23.3 Å². The van der Waals surface area contributed by atoms with Gasteiger partial charge in [-0.2, -0.15) is 21.6 Å². The van der Waals surface area contributed by atoms with Gasteiger partial charge in [0.05, 0.1) is 24.2 Å². The number of benzene rings is 2. The molecule has 9 nitrogen and oxygen atoms in total. The van der Waals surface area contributed by atoms with Crippen LogP contribution in [0.1, 0.15) is 97.6 Å². The Bertz CT molecular complexity index is 1560. The summed E-state index contributed by atoms with van der Waals surface area (Å²) in [4.78, 5) is 27.7. The van der Waals surface area contributed by atoms with Crippen molar-refractivity contribution in [1.29, 1.82) is 0 Å². The molecular weight excluding hydrogens is 675 g/mol. The van der Waals surface area contributed by atoms with Gasteiger partial charge in [-0.05, 0) is 101 Å². The maximum absolute atomic E-state index is 13.8. The van der Waals surface area contributed by atoms with E-state index >= 15 is 0 Å². The van der Waals surface area contributed by atoms with Crippen molar-refractivity contribution in [2.75, 3.05) is 19.8 Å². The van der Waals surface area contributed by atoms with Crippen LogP contribution in [0.3, 0.4) is 0 Å². The average molecular weight is 726 g/mol. The molecule has 1 saturated carbocycles. The Balaban J connectivity index is 1.49. The SMILES string of the molecule is CCOC(=O)[C@H]1CC[C@H](Oc2ccc(CN(CCC3(c4ccc(OS(=O)(=O)C(F)(F)F)cc4)CCOC(C)(C)C3)C(=O)C(C)(C)C)cc2)CC1. The first kappa shape index (κ1) is 39.5. The van der Waals surface area contributed by atoms with E-state index in [0.29, 0.717) is 45.6 Å². The Morgan fingerprint density at radius 1 is 0.940 bits per heavy atom. The zero-order valence-electron chi connectivity index (χ0n) is 29.8. The predicted molar refractivity (Wildman–Crippen MR) is 182 cm³/mol. The van der Waals surface area contributed by atoms with E-state index in [2.05, 4.69) is 4.18 Å². The summed E-state index contributed by atoms with van der Waals surface area (Å²) in [6, 6.07) is 13.4. The van der Waals surface area contributed by atoms with E-state index in [1.165, 1.54) is 12.1 Å². The van der Waals surface area contributed by atoms with Gasteiger partial charge in [0.15, 0.2) is 0 Å². The van der Waals surface area contributed by atoms with Gasteiger partial charge >= 0.3 is 21.6 Å². The van der Waals surface area contributed by atoms with Gasteiger partial charge in [-0.3, -0.25) is 9.59 Å². The molecule has 1 aliphatic carbocycles. The van der Waals surface area contributed by atoms with Crippen LogP contribution in [0.25, 0.3) is 0 Å². The van der Waals surface area contributed by atoms with Crippen LogP contribution < -0.4 is 8.92 Å². The van der Waals surface area contributed by atoms with Gasteiger partial charge in [-0.25, -0.2) is 0 Å². The number of carbonyl (C=O) groups is 2. The number of halogens is 3.